The molecule has 1 aromatic carbocycles. The molecule has 0 unspecified atom stereocenters. The lowest BCUT2D eigenvalue weighted by molar-refractivity contribution is 0.432. The Morgan fingerprint density at radius 3 is 2.81 bits per heavy atom. The van der Waals surface area contributed by atoms with Crippen LogP contribution in [-0.2, 0) is 6.54 Å². The standard InChI is InChI=1S/C19H12ClFN4O2/c20-15-3-1-2-13(7-15)18-23-19(27-24-18)14-4-5-17(26)25(11-14)10-12-6-16(21)9-22-8-12/h1-9,11H,10H2. The highest BCUT2D eigenvalue weighted by molar-refractivity contribution is 6.30. The molecule has 0 atom stereocenters. The van der Waals surface area contributed by atoms with Gasteiger partial charge in [-0.15, -0.1) is 0 Å². The van der Waals surface area contributed by atoms with Crippen molar-refractivity contribution in [3.63, 3.8) is 0 Å². The second kappa shape index (κ2) is 7.13. The van der Waals surface area contributed by atoms with Gasteiger partial charge < -0.3 is 9.09 Å². The summed E-state index contributed by atoms with van der Waals surface area (Å²) in [6, 6.07) is 11.4. The van der Waals surface area contributed by atoms with Crippen LogP contribution in [0.15, 0.2) is 70.4 Å². The Morgan fingerprint density at radius 1 is 1.11 bits per heavy atom. The van der Waals surface area contributed by atoms with E-state index in [1.54, 1.807) is 30.5 Å². The third-order valence-corrected chi connectivity index (χ3v) is 4.09. The third kappa shape index (κ3) is 3.78. The summed E-state index contributed by atoms with van der Waals surface area (Å²) >= 11 is 5.99. The van der Waals surface area contributed by atoms with Crippen molar-refractivity contribution in [3.05, 3.63) is 87.8 Å². The van der Waals surface area contributed by atoms with E-state index in [2.05, 4.69) is 15.1 Å². The van der Waals surface area contributed by atoms with Crippen molar-refractivity contribution >= 4 is 11.6 Å². The summed E-state index contributed by atoms with van der Waals surface area (Å²) in [5.74, 6) is 0.190. The molecule has 0 N–H and O–H groups in total. The fourth-order valence-electron chi connectivity index (χ4n) is 2.61. The number of nitrogens with zero attached hydrogens (tertiary/aromatic N) is 4. The second-order valence-corrected chi connectivity index (χ2v) is 6.27. The van der Waals surface area contributed by atoms with E-state index in [1.807, 2.05) is 6.07 Å². The average Bonchev–Trinajstić information content (AvgIpc) is 3.14. The fourth-order valence-corrected chi connectivity index (χ4v) is 2.80. The monoisotopic (exact) mass is 382 g/mol. The predicted octanol–water partition coefficient (Wildman–Crippen LogP) is 3.80. The molecule has 0 saturated carbocycles. The maximum Gasteiger partial charge on any atom is 0.259 e. The van der Waals surface area contributed by atoms with E-state index < -0.39 is 5.82 Å². The first-order valence-electron chi connectivity index (χ1n) is 7.98. The number of hydrogen-bond acceptors (Lipinski definition) is 5. The molecule has 4 aromatic rings. The number of hydrogen-bond donors (Lipinski definition) is 0. The maximum atomic E-state index is 13.3. The van der Waals surface area contributed by atoms with Gasteiger partial charge in [-0.2, -0.15) is 4.98 Å². The summed E-state index contributed by atoms with van der Waals surface area (Å²) in [5, 5.41) is 4.53. The van der Waals surface area contributed by atoms with Gasteiger partial charge in [-0.05, 0) is 29.8 Å². The largest absolute Gasteiger partial charge is 0.334 e. The Labute approximate surface area is 157 Å². The summed E-state index contributed by atoms with van der Waals surface area (Å²) in [4.78, 5) is 20.3. The summed E-state index contributed by atoms with van der Waals surface area (Å²) in [7, 11) is 0. The van der Waals surface area contributed by atoms with Gasteiger partial charge in [0, 0.05) is 29.0 Å². The van der Waals surface area contributed by atoms with Crippen molar-refractivity contribution in [2.45, 2.75) is 6.54 Å². The van der Waals surface area contributed by atoms with Crippen LogP contribution in [0, 0.1) is 5.82 Å². The maximum absolute atomic E-state index is 13.3. The molecule has 0 saturated heterocycles. The topological polar surface area (TPSA) is 73.8 Å². The van der Waals surface area contributed by atoms with Crippen molar-refractivity contribution in [3.8, 4) is 22.8 Å². The zero-order valence-corrected chi connectivity index (χ0v) is 14.6. The van der Waals surface area contributed by atoms with E-state index in [9.17, 15) is 9.18 Å². The molecule has 0 bridgehead atoms. The van der Waals surface area contributed by atoms with Gasteiger partial charge in [0.15, 0.2) is 0 Å². The van der Waals surface area contributed by atoms with E-state index >= 15 is 0 Å². The molecule has 4 rings (SSSR count). The molecule has 0 aliphatic carbocycles. The first-order chi connectivity index (χ1) is 13.1. The second-order valence-electron chi connectivity index (χ2n) is 5.83. The number of rotatable bonds is 4. The average molecular weight is 383 g/mol. The van der Waals surface area contributed by atoms with Gasteiger partial charge in [0.05, 0.1) is 18.3 Å². The van der Waals surface area contributed by atoms with Crippen molar-refractivity contribution in [2.24, 2.45) is 0 Å². The van der Waals surface area contributed by atoms with Crippen LogP contribution in [0.1, 0.15) is 5.56 Å². The highest BCUT2D eigenvalue weighted by atomic mass is 35.5. The molecule has 0 aliphatic rings. The van der Waals surface area contributed by atoms with Crippen LogP contribution < -0.4 is 5.56 Å². The van der Waals surface area contributed by atoms with Crippen LogP contribution in [0.3, 0.4) is 0 Å². The number of pyridine rings is 2. The van der Waals surface area contributed by atoms with Crippen molar-refractivity contribution < 1.29 is 8.91 Å². The van der Waals surface area contributed by atoms with Crippen molar-refractivity contribution in [2.75, 3.05) is 0 Å². The lowest BCUT2D eigenvalue weighted by Crippen LogP contribution is -2.19. The van der Waals surface area contributed by atoms with Gasteiger partial charge in [-0.1, -0.05) is 28.9 Å². The smallest absolute Gasteiger partial charge is 0.259 e. The minimum absolute atomic E-state index is 0.173. The molecule has 0 aliphatic heterocycles. The molecule has 3 heterocycles. The lowest BCUT2D eigenvalue weighted by Gasteiger charge is -2.06. The van der Waals surface area contributed by atoms with Gasteiger partial charge in [0.2, 0.25) is 5.82 Å². The SMILES string of the molecule is O=c1ccc(-c2nc(-c3cccc(Cl)c3)no2)cn1Cc1cncc(F)c1. The molecule has 134 valence electrons. The quantitative estimate of drug-likeness (QED) is 0.536. The van der Waals surface area contributed by atoms with Crippen LogP contribution in [0.25, 0.3) is 22.8 Å². The van der Waals surface area contributed by atoms with E-state index in [1.165, 1.54) is 22.9 Å². The lowest BCUT2D eigenvalue weighted by atomic mass is 10.2. The van der Waals surface area contributed by atoms with Crippen molar-refractivity contribution in [1.29, 1.82) is 0 Å². The minimum atomic E-state index is -0.459. The Balaban J connectivity index is 1.66. The van der Waals surface area contributed by atoms with Gasteiger partial charge >= 0.3 is 0 Å². The van der Waals surface area contributed by atoms with Gasteiger partial charge in [-0.3, -0.25) is 9.78 Å². The van der Waals surface area contributed by atoms with E-state index in [4.69, 9.17) is 16.1 Å². The first kappa shape index (κ1) is 17.1. The molecular weight excluding hydrogens is 371 g/mol. The third-order valence-electron chi connectivity index (χ3n) is 3.85. The van der Waals surface area contributed by atoms with Crippen LogP contribution >= 0.6 is 11.6 Å². The van der Waals surface area contributed by atoms with Crippen molar-refractivity contribution in [1.82, 2.24) is 19.7 Å². The van der Waals surface area contributed by atoms with E-state index in [0.29, 0.717) is 22.0 Å². The number of halogens is 2. The zero-order valence-electron chi connectivity index (χ0n) is 13.8. The van der Waals surface area contributed by atoms with Crippen LogP contribution in [0.5, 0.6) is 0 Å². The summed E-state index contributed by atoms with van der Waals surface area (Å²) in [6.45, 7) is 0.173. The molecule has 8 heteroatoms. The number of aromatic nitrogens is 4. The highest BCUT2D eigenvalue weighted by Crippen LogP contribution is 2.23. The van der Waals surface area contributed by atoms with Gasteiger partial charge in [0.1, 0.15) is 5.82 Å². The Kier molecular flexibility index (Phi) is 4.52. The van der Waals surface area contributed by atoms with Gasteiger partial charge in [0.25, 0.3) is 11.4 Å². The Morgan fingerprint density at radius 2 is 2.00 bits per heavy atom. The summed E-state index contributed by atoms with van der Waals surface area (Å²) in [5.41, 5.74) is 1.62. The predicted molar refractivity (Wildman–Crippen MR) is 97.7 cm³/mol. The molecular formula is C19H12ClFN4O2. The number of benzene rings is 1. The minimum Gasteiger partial charge on any atom is -0.334 e. The van der Waals surface area contributed by atoms with Crippen LogP contribution in [-0.4, -0.2) is 19.7 Å². The molecule has 6 nitrogen and oxygen atoms in total. The fraction of sp³-hybridized carbons (Fsp3) is 0.0526. The van der Waals surface area contributed by atoms with Crippen LogP contribution in [0.4, 0.5) is 4.39 Å². The normalized spacial score (nSPS) is 10.9. The zero-order chi connectivity index (χ0) is 18.8. The highest BCUT2D eigenvalue weighted by Gasteiger charge is 2.12. The molecule has 0 fully saturated rings. The molecule has 3 aromatic heterocycles. The Bertz CT molecular complexity index is 1170. The van der Waals surface area contributed by atoms with E-state index in [0.717, 1.165) is 11.8 Å². The molecule has 0 amide bonds. The molecule has 27 heavy (non-hydrogen) atoms. The van der Waals surface area contributed by atoms with Crippen LogP contribution in [0.2, 0.25) is 5.02 Å². The summed E-state index contributed by atoms with van der Waals surface area (Å²) in [6.07, 6.45) is 4.20. The van der Waals surface area contributed by atoms with E-state index in [-0.39, 0.29) is 18.0 Å². The summed E-state index contributed by atoms with van der Waals surface area (Å²) < 4.78 is 20.1. The first-order valence-corrected chi connectivity index (χ1v) is 8.36. The Hall–Kier alpha value is -3.32. The molecule has 0 spiro atoms. The van der Waals surface area contributed by atoms with Gasteiger partial charge in [-0.25, -0.2) is 4.39 Å². The molecule has 0 radical (unpaired) electrons.